The van der Waals surface area contributed by atoms with E-state index in [2.05, 4.69) is 94.8 Å². The first-order chi connectivity index (χ1) is 16.6. The van der Waals surface area contributed by atoms with Gasteiger partial charge in [-0.05, 0) is 73.3 Å². The topological polar surface area (TPSA) is 18.5 Å². The van der Waals surface area contributed by atoms with Crippen LogP contribution >= 0.6 is 15.9 Å². The van der Waals surface area contributed by atoms with Crippen molar-refractivity contribution >= 4 is 48.2 Å². The zero-order valence-electron chi connectivity index (χ0n) is 19.0. The summed E-state index contributed by atoms with van der Waals surface area (Å²) in [5.74, 6) is 1.67. The van der Waals surface area contributed by atoms with Crippen molar-refractivity contribution in [1.82, 2.24) is 0 Å². The van der Waals surface area contributed by atoms with Crippen molar-refractivity contribution in [3.05, 3.63) is 120 Å². The molecule has 0 spiro atoms. The van der Waals surface area contributed by atoms with Gasteiger partial charge in [-0.25, -0.2) is 0 Å². The largest absolute Gasteiger partial charge is 0.497 e. The summed E-state index contributed by atoms with van der Waals surface area (Å²) in [4.78, 5) is 0. The molecule has 0 aliphatic heterocycles. The molecule has 0 unspecified atom stereocenters. The number of benzene rings is 6. The molecule has 0 N–H and O–H groups in total. The molecule has 6 aromatic rings. The lowest BCUT2D eigenvalue weighted by Gasteiger charge is -2.32. The highest BCUT2D eigenvalue weighted by Crippen LogP contribution is 2.49. The summed E-state index contributed by atoms with van der Waals surface area (Å²) in [6, 6.07) is 36.6. The van der Waals surface area contributed by atoms with E-state index in [1.54, 1.807) is 14.2 Å². The molecule has 0 saturated carbocycles. The maximum atomic E-state index is 5.44. The van der Waals surface area contributed by atoms with Crippen LogP contribution in [0.3, 0.4) is 0 Å². The second-order valence-electron chi connectivity index (χ2n) is 8.58. The van der Waals surface area contributed by atoms with Gasteiger partial charge in [0.1, 0.15) is 15.8 Å². The summed E-state index contributed by atoms with van der Waals surface area (Å²) < 4.78 is 10.3. The number of ether oxygens (including phenoxy) is 2. The van der Waals surface area contributed by atoms with Crippen molar-refractivity contribution in [1.29, 1.82) is 0 Å². The minimum Gasteiger partial charge on any atom is -0.497 e. The van der Waals surface area contributed by atoms with Crippen molar-refractivity contribution in [3.8, 4) is 11.5 Å². The lowest BCUT2D eigenvalue weighted by molar-refractivity contribution is 0.414. The van der Waals surface area contributed by atoms with Gasteiger partial charge in [-0.1, -0.05) is 94.8 Å². The Kier molecular flexibility index (Phi) is 4.96. The number of halogens is 1. The summed E-state index contributed by atoms with van der Waals surface area (Å²) in [5, 5.41) is 7.65. The maximum absolute atomic E-state index is 5.44. The van der Waals surface area contributed by atoms with Crippen LogP contribution < -0.4 is 9.47 Å². The molecule has 0 saturated heterocycles. The Hall–Kier alpha value is -3.56. The summed E-state index contributed by atoms with van der Waals surface area (Å²) in [5.41, 5.74) is 3.47. The minimum absolute atomic E-state index is 0.562. The molecule has 34 heavy (non-hydrogen) atoms. The molecule has 0 bridgehead atoms. The molecule has 0 aromatic heterocycles. The summed E-state index contributed by atoms with van der Waals surface area (Å²) >= 11 is 4.25. The molecule has 0 fully saturated rings. The molecule has 0 aliphatic carbocycles. The summed E-state index contributed by atoms with van der Waals surface area (Å²) in [6.45, 7) is 0. The molecule has 3 heteroatoms. The highest BCUT2D eigenvalue weighted by atomic mass is 79.9. The Balaban J connectivity index is 1.70. The highest BCUT2D eigenvalue weighted by molar-refractivity contribution is 9.10. The van der Waals surface area contributed by atoms with Crippen LogP contribution in [-0.2, 0) is 4.32 Å². The van der Waals surface area contributed by atoms with E-state index in [0.29, 0.717) is 0 Å². The summed E-state index contributed by atoms with van der Waals surface area (Å²) in [6.07, 6.45) is 0. The fourth-order valence-electron chi connectivity index (χ4n) is 5.15. The van der Waals surface area contributed by atoms with Gasteiger partial charge in [0.2, 0.25) is 0 Å². The lowest BCUT2D eigenvalue weighted by atomic mass is 9.80. The zero-order chi connectivity index (χ0) is 23.3. The first-order valence-electron chi connectivity index (χ1n) is 11.3. The Morgan fingerprint density at radius 1 is 0.529 bits per heavy atom. The second kappa shape index (κ2) is 8.03. The zero-order valence-corrected chi connectivity index (χ0v) is 20.6. The van der Waals surface area contributed by atoms with E-state index in [4.69, 9.17) is 9.47 Å². The van der Waals surface area contributed by atoms with Crippen LogP contribution in [-0.4, -0.2) is 14.2 Å². The van der Waals surface area contributed by atoms with Crippen LogP contribution in [0.25, 0.3) is 32.3 Å². The number of hydrogen-bond donors (Lipinski definition) is 0. The van der Waals surface area contributed by atoms with E-state index in [0.717, 1.165) is 22.6 Å². The maximum Gasteiger partial charge on any atom is 0.118 e. The molecule has 2 nitrogen and oxygen atoms in total. The van der Waals surface area contributed by atoms with Gasteiger partial charge in [-0.15, -0.1) is 0 Å². The highest BCUT2D eigenvalue weighted by Gasteiger charge is 2.35. The number of hydrogen-bond acceptors (Lipinski definition) is 2. The van der Waals surface area contributed by atoms with Crippen molar-refractivity contribution in [2.24, 2.45) is 0 Å². The predicted molar refractivity (Wildman–Crippen MR) is 145 cm³/mol. The van der Waals surface area contributed by atoms with Crippen molar-refractivity contribution < 1.29 is 9.47 Å². The molecular weight excluding hydrogens is 484 g/mol. The van der Waals surface area contributed by atoms with Crippen LogP contribution in [0.1, 0.15) is 16.7 Å². The first-order valence-corrected chi connectivity index (χ1v) is 12.1. The fourth-order valence-corrected chi connectivity index (χ4v) is 6.03. The van der Waals surface area contributed by atoms with Crippen molar-refractivity contribution in [3.63, 3.8) is 0 Å². The molecule has 0 heterocycles. The van der Waals surface area contributed by atoms with Gasteiger partial charge in [-0.3, -0.25) is 0 Å². The van der Waals surface area contributed by atoms with E-state index >= 15 is 0 Å². The Bertz CT molecular complexity index is 1560. The van der Waals surface area contributed by atoms with Gasteiger partial charge in [0.25, 0.3) is 0 Å². The number of rotatable bonds is 5. The lowest BCUT2D eigenvalue weighted by Crippen LogP contribution is -2.22. The third kappa shape index (κ3) is 3.08. The standard InChI is InChI=1S/C31H23BrO2/c1-33-25-14-10-23(11-15-25)31(32,24-12-16-26(34-2)17-13-24)28-19-9-22-7-6-20-4-3-5-21-8-18-27(28)30(22)29(20)21/h3-19H,1-2H3. The second-order valence-corrected chi connectivity index (χ2v) is 9.77. The fraction of sp³-hybridized carbons (Fsp3) is 0.0968. The van der Waals surface area contributed by atoms with Gasteiger partial charge < -0.3 is 9.47 Å². The van der Waals surface area contributed by atoms with Gasteiger partial charge in [0.15, 0.2) is 0 Å². The molecule has 0 radical (unpaired) electrons. The average molecular weight is 507 g/mol. The Morgan fingerprint density at radius 2 is 1.00 bits per heavy atom. The predicted octanol–water partition coefficient (Wildman–Crippen LogP) is 8.29. The molecule has 6 rings (SSSR count). The molecular formula is C31H23BrO2. The average Bonchev–Trinajstić information content (AvgIpc) is 2.91. The van der Waals surface area contributed by atoms with E-state index in [1.807, 2.05) is 24.3 Å². The molecule has 0 amide bonds. The van der Waals surface area contributed by atoms with Gasteiger partial charge in [0.05, 0.1) is 14.2 Å². The van der Waals surface area contributed by atoms with Crippen LogP contribution in [0.2, 0.25) is 0 Å². The normalized spacial score (nSPS) is 12.0. The summed E-state index contributed by atoms with van der Waals surface area (Å²) in [7, 11) is 3.39. The van der Waals surface area contributed by atoms with E-state index in [1.165, 1.54) is 37.9 Å². The van der Waals surface area contributed by atoms with Gasteiger partial charge >= 0.3 is 0 Å². The smallest absolute Gasteiger partial charge is 0.118 e. The van der Waals surface area contributed by atoms with Crippen LogP contribution in [0.4, 0.5) is 0 Å². The van der Waals surface area contributed by atoms with Crippen molar-refractivity contribution in [2.75, 3.05) is 14.2 Å². The van der Waals surface area contributed by atoms with E-state index < -0.39 is 4.32 Å². The molecule has 0 aliphatic rings. The quantitative estimate of drug-likeness (QED) is 0.133. The number of methoxy groups -OCH3 is 2. The van der Waals surface area contributed by atoms with Crippen LogP contribution in [0.5, 0.6) is 11.5 Å². The Labute approximate surface area is 207 Å². The SMILES string of the molecule is COc1ccc(C(Br)(c2ccc(OC)cc2)c2ccc3ccc4cccc5ccc2c3c45)cc1. The Morgan fingerprint density at radius 3 is 1.53 bits per heavy atom. The van der Waals surface area contributed by atoms with Crippen molar-refractivity contribution in [2.45, 2.75) is 4.32 Å². The monoisotopic (exact) mass is 506 g/mol. The van der Waals surface area contributed by atoms with Crippen LogP contribution in [0.15, 0.2) is 103 Å². The third-order valence-corrected chi connectivity index (χ3v) is 8.22. The van der Waals surface area contributed by atoms with Gasteiger partial charge in [-0.2, -0.15) is 0 Å². The van der Waals surface area contributed by atoms with E-state index in [9.17, 15) is 0 Å². The number of alkyl halides is 1. The van der Waals surface area contributed by atoms with Gasteiger partial charge in [0, 0.05) is 0 Å². The molecule has 6 aromatic carbocycles. The van der Waals surface area contributed by atoms with Crippen LogP contribution in [0, 0.1) is 0 Å². The molecule has 0 atom stereocenters. The third-order valence-electron chi connectivity index (χ3n) is 6.88. The first kappa shape index (κ1) is 21.0. The molecule has 166 valence electrons. The van der Waals surface area contributed by atoms with E-state index in [-0.39, 0.29) is 0 Å². The minimum atomic E-state index is -0.562.